The summed E-state index contributed by atoms with van der Waals surface area (Å²) in [7, 11) is 0. The Morgan fingerprint density at radius 1 is 1.09 bits per heavy atom. The van der Waals surface area contributed by atoms with Crippen LogP contribution in [0.15, 0.2) is 0 Å². The normalized spacial score (nSPS) is 8.18. The molecule has 4 nitrogen and oxygen atoms in total. The highest BCUT2D eigenvalue weighted by Gasteiger charge is 1.93. The SMILES string of the molecule is CCCO.OCC(O)CO.[SiH4]. The zero-order valence-electron chi connectivity index (χ0n) is 6.19. The fourth-order valence-corrected chi connectivity index (χ4v) is 0.0577. The van der Waals surface area contributed by atoms with Gasteiger partial charge >= 0.3 is 0 Å². The molecule has 0 aliphatic carbocycles. The summed E-state index contributed by atoms with van der Waals surface area (Å²) in [6, 6.07) is 0. The van der Waals surface area contributed by atoms with E-state index >= 15 is 0 Å². The molecule has 0 fully saturated rings. The third-order valence-corrected chi connectivity index (χ3v) is 0.645. The van der Waals surface area contributed by atoms with E-state index < -0.39 is 6.10 Å². The lowest BCUT2D eigenvalue weighted by Crippen LogP contribution is -2.15. The molecule has 0 bridgehead atoms. The summed E-state index contributed by atoms with van der Waals surface area (Å²) in [6.45, 7) is 1.52. The third-order valence-electron chi connectivity index (χ3n) is 0.645. The van der Waals surface area contributed by atoms with Crippen molar-refractivity contribution in [3.63, 3.8) is 0 Å². The standard InChI is InChI=1S/C3H8O3.C3H8O.H4Si/c4-1-3(6)2-5;1-2-3-4;/h3-6H,1-2H2;4H,2-3H2,1H3;1H4. The van der Waals surface area contributed by atoms with Crippen molar-refractivity contribution in [3.8, 4) is 0 Å². The molecule has 0 heterocycles. The molecule has 0 saturated carbocycles. The molecule has 11 heavy (non-hydrogen) atoms. The van der Waals surface area contributed by atoms with Crippen LogP contribution in [0, 0.1) is 0 Å². The number of hydrogen-bond donors (Lipinski definition) is 4. The number of aliphatic hydroxyl groups is 4. The number of hydrogen-bond acceptors (Lipinski definition) is 4. The third kappa shape index (κ3) is 25.5. The first-order chi connectivity index (χ1) is 4.72. The molecule has 0 aromatic heterocycles. The van der Waals surface area contributed by atoms with Crippen LogP contribution in [0.1, 0.15) is 13.3 Å². The molecule has 0 rings (SSSR count). The maximum Gasteiger partial charge on any atom is 0.100 e. The minimum absolute atomic E-state index is 0. The lowest BCUT2D eigenvalue weighted by atomic mass is 10.4. The fraction of sp³-hybridized carbons (Fsp3) is 1.00. The second-order valence-electron chi connectivity index (χ2n) is 1.74. The smallest absolute Gasteiger partial charge is 0.100 e. The van der Waals surface area contributed by atoms with Crippen molar-refractivity contribution in [2.24, 2.45) is 0 Å². The molecule has 0 atom stereocenters. The first-order valence-electron chi connectivity index (χ1n) is 3.23. The fourth-order valence-electron chi connectivity index (χ4n) is 0.0577. The monoisotopic (exact) mass is 184 g/mol. The second-order valence-corrected chi connectivity index (χ2v) is 1.74. The van der Waals surface area contributed by atoms with E-state index in [0.29, 0.717) is 6.61 Å². The maximum absolute atomic E-state index is 8.17. The molecule has 0 unspecified atom stereocenters. The van der Waals surface area contributed by atoms with E-state index in [-0.39, 0.29) is 24.2 Å². The van der Waals surface area contributed by atoms with Gasteiger partial charge in [-0.2, -0.15) is 0 Å². The Hall–Kier alpha value is 0.0569. The summed E-state index contributed by atoms with van der Waals surface area (Å²) in [5.74, 6) is 0. The Bertz CT molecular complexity index is 47.8. The largest absolute Gasteiger partial charge is 0.396 e. The Balaban J connectivity index is -0.000000114. The van der Waals surface area contributed by atoms with Crippen LogP contribution in [0.4, 0.5) is 0 Å². The van der Waals surface area contributed by atoms with Crippen molar-refractivity contribution < 1.29 is 20.4 Å². The Labute approximate surface area is 71.5 Å². The molecule has 72 valence electrons. The van der Waals surface area contributed by atoms with Crippen LogP contribution in [-0.4, -0.2) is 57.3 Å². The predicted molar refractivity (Wildman–Crippen MR) is 48.9 cm³/mol. The number of aliphatic hydroxyl groups excluding tert-OH is 4. The Morgan fingerprint density at radius 3 is 1.36 bits per heavy atom. The molecule has 0 radical (unpaired) electrons. The van der Waals surface area contributed by atoms with E-state index in [1.165, 1.54) is 0 Å². The molecule has 0 aliphatic heterocycles. The predicted octanol–water partition coefficient (Wildman–Crippen LogP) is -2.73. The van der Waals surface area contributed by atoms with Crippen molar-refractivity contribution in [1.29, 1.82) is 0 Å². The minimum atomic E-state index is -0.954. The van der Waals surface area contributed by atoms with Gasteiger partial charge in [0.1, 0.15) is 6.10 Å². The molecule has 0 aromatic carbocycles. The zero-order valence-corrected chi connectivity index (χ0v) is 6.19. The first kappa shape index (κ1) is 17.2. The Morgan fingerprint density at radius 2 is 1.36 bits per heavy atom. The highest BCUT2D eigenvalue weighted by molar-refractivity contribution is 5.75. The molecule has 0 amide bonds. The van der Waals surface area contributed by atoms with Gasteiger partial charge in [-0.15, -0.1) is 0 Å². The van der Waals surface area contributed by atoms with Crippen molar-refractivity contribution in [3.05, 3.63) is 0 Å². The second kappa shape index (κ2) is 16.6. The van der Waals surface area contributed by atoms with Crippen LogP contribution in [0.5, 0.6) is 0 Å². The molecular formula is C6H20O4Si. The summed E-state index contributed by atoms with van der Waals surface area (Å²) >= 11 is 0. The molecule has 0 aromatic rings. The van der Waals surface area contributed by atoms with Crippen molar-refractivity contribution in [2.75, 3.05) is 19.8 Å². The summed E-state index contributed by atoms with van der Waals surface area (Å²) in [5.41, 5.74) is 0. The van der Waals surface area contributed by atoms with E-state index in [2.05, 4.69) is 0 Å². The van der Waals surface area contributed by atoms with E-state index in [1.54, 1.807) is 0 Å². The zero-order chi connectivity index (χ0) is 8.41. The van der Waals surface area contributed by atoms with Gasteiger partial charge in [0.15, 0.2) is 0 Å². The van der Waals surface area contributed by atoms with Crippen LogP contribution in [-0.2, 0) is 0 Å². The molecule has 0 spiro atoms. The quantitative estimate of drug-likeness (QED) is 0.359. The minimum Gasteiger partial charge on any atom is -0.396 e. The van der Waals surface area contributed by atoms with Crippen LogP contribution >= 0.6 is 0 Å². The van der Waals surface area contributed by atoms with Gasteiger partial charge in [0, 0.05) is 6.61 Å². The molecule has 0 aliphatic rings. The van der Waals surface area contributed by atoms with Crippen LogP contribution in [0.2, 0.25) is 0 Å². The van der Waals surface area contributed by atoms with Gasteiger partial charge in [0.05, 0.1) is 13.2 Å². The summed E-state index contributed by atoms with van der Waals surface area (Å²) in [5, 5.41) is 31.9. The Kier molecular flexibility index (Phi) is 25.9. The van der Waals surface area contributed by atoms with E-state index in [4.69, 9.17) is 20.4 Å². The van der Waals surface area contributed by atoms with Crippen LogP contribution in [0.25, 0.3) is 0 Å². The van der Waals surface area contributed by atoms with Crippen molar-refractivity contribution in [1.82, 2.24) is 0 Å². The number of rotatable bonds is 3. The summed E-state index contributed by atoms with van der Waals surface area (Å²) in [4.78, 5) is 0. The van der Waals surface area contributed by atoms with Gasteiger partial charge in [0.25, 0.3) is 0 Å². The average Bonchev–Trinajstić information content (AvgIpc) is 2.03. The first-order valence-corrected chi connectivity index (χ1v) is 3.23. The van der Waals surface area contributed by atoms with Gasteiger partial charge < -0.3 is 20.4 Å². The van der Waals surface area contributed by atoms with Crippen LogP contribution < -0.4 is 0 Å². The van der Waals surface area contributed by atoms with Crippen molar-refractivity contribution >= 4 is 11.0 Å². The van der Waals surface area contributed by atoms with Gasteiger partial charge in [0.2, 0.25) is 0 Å². The van der Waals surface area contributed by atoms with Gasteiger partial charge in [-0.25, -0.2) is 0 Å². The average molecular weight is 184 g/mol. The lowest BCUT2D eigenvalue weighted by molar-refractivity contribution is 0.0450. The molecule has 0 saturated heterocycles. The van der Waals surface area contributed by atoms with Gasteiger partial charge in [-0.3, -0.25) is 0 Å². The maximum atomic E-state index is 8.17. The van der Waals surface area contributed by atoms with Gasteiger partial charge in [-0.1, -0.05) is 6.92 Å². The summed E-state index contributed by atoms with van der Waals surface area (Å²) in [6.07, 6.45) is -0.0787. The lowest BCUT2D eigenvalue weighted by Gasteiger charge is -1.96. The highest BCUT2D eigenvalue weighted by Crippen LogP contribution is 1.71. The summed E-state index contributed by atoms with van der Waals surface area (Å²) < 4.78 is 0. The molecule has 5 heteroatoms. The van der Waals surface area contributed by atoms with E-state index in [9.17, 15) is 0 Å². The highest BCUT2D eigenvalue weighted by atomic mass is 28.1. The molecular weight excluding hydrogens is 164 g/mol. The van der Waals surface area contributed by atoms with Crippen molar-refractivity contribution in [2.45, 2.75) is 19.4 Å². The van der Waals surface area contributed by atoms with Gasteiger partial charge in [-0.05, 0) is 17.4 Å². The van der Waals surface area contributed by atoms with Crippen LogP contribution in [0.3, 0.4) is 0 Å². The molecule has 4 N–H and O–H groups in total. The van der Waals surface area contributed by atoms with E-state index in [0.717, 1.165) is 6.42 Å². The van der Waals surface area contributed by atoms with E-state index in [1.807, 2.05) is 6.92 Å². The topological polar surface area (TPSA) is 80.9 Å².